The maximum absolute atomic E-state index is 10.9. The van der Waals surface area contributed by atoms with E-state index in [-0.39, 0.29) is 0 Å². The molecule has 0 aromatic heterocycles. The Morgan fingerprint density at radius 1 is 1.28 bits per heavy atom. The van der Waals surface area contributed by atoms with Crippen LogP contribution in [0.4, 0.5) is 0 Å². The van der Waals surface area contributed by atoms with E-state index < -0.39 is 0 Å². The molecule has 0 N–H and O–H groups in total. The summed E-state index contributed by atoms with van der Waals surface area (Å²) in [5.41, 5.74) is 0.618. The summed E-state index contributed by atoms with van der Waals surface area (Å²) < 4.78 is 5.72. The van der Waals surface area contributed by atoms with Gasteiger partial charge in [-0.1, -0.05) is 32.9 Å². The minimum atomic E-state index is 0.449. The molecule has 0 spiro atoms. The first-order valence-corrected chi connectivity index (χ1v) is 6.60. The number of hydrogen-bond donors (Lipinski definition) is 0. The smallest absolute Gasteiger partial charge is 0.153 e. The van der Waals surface area contributed by atoms with Gasteiger partial charge in [0.1, 0.15) is 5.75 Å². The van der Waals surface area contributed by atoms with E-state index in [9.17, 15) is 4.79 Å². The van der Waals surface area contributed by atoms with Crippen LogP contribution in [0.2, 0.25) is 0 Å². The van der Waals surface area contributed by atoms with Crippen molar-refractivity contribution in [2.45, 2.75) is 20.8 Å². The molecule has 18 heavy (non-hydrogen) atoms. The maximum atomic E-state index is 10.9. The molecule has 1 aromatic rings. The highest BCUT2D eigenvalue weighted by Crippen LogP contribution is 2.16. The van der Waals surface area contributed by atoms with Gasteiger partial charge in [0.2, 0.25) is 0 Å². The Hall–Kier alpha value is -1.35. The predicted octanol–water partition coefficient (Wildman–Crippen LogP) is 2.86. The van der Waals surface area contributed by atoms with Crippen molar-refractivity contribution in [1.82, 2.24) is 4.90 Å². The van der Waals surface area contributed by atoms with Crippen LogP contribution in [-0.4, -0.2) is 37.4 Å². The van der Waals surface area contributed by atoms with Crippen molar-refractivity contribution in [3.8, 4) is 5.75 Å². The number of para-hydroxylation sites is 1. The first-order chi connectivity index (χ1) is 8.71. The molecule has 0 saturated heterocycles. The standard InChI is InChI=1S/C15H23NO2/c1-4-16(5-2)10-13(3)12-18-15-9-7-6-8-14(15)11-17/h6-9,11,13H,4-5,10,12H2,1-3H3. The Kier molecular flexibility index (Phi) is 6.44. The first kappa shape index (κ1) is 14.7. The lowest BCUT2D eigenvalue weighted by molar-refractivity contribution is 0.111. The molecule has 1 aromatic carbocycles. The average molecular weight is 249 g/mol. The van der Waals surface area contributed by atoms with Gasteiger partial charge in [0.25, 0.3) is 0 Å². The molecule has 0 amide bonds. The summed E-state index contributed by atoms with van der Waals surface area (Å²) in [5.74, 6) is 1.13. The maximum Gasteiger partial charge on any atom is 0.153 e. The van der Waals surface area contributed by atoms with Crippen molar-refractivity contribution in [3.63, 3.8) is 0 Å². The van der Waals surface area contributed by atoms with Gasteiger partial charge in [-0.2, -0.15) is 0 Å². The molecule has 0 aliphatic rings. The molecule has 0 bridgehead atoms. The third-order valence-electron chi connectivity index (χ3n) is 3.03. The van der Waals surface area contributed by atoms with Crippen molar-refractivity contribution >= 4 is 6.29 Å². The van der Waals surface area contributed by atoms with Crippen molar-refractivity contribution in [2.24, 2.45) is 5.92 Å². The van der Waals surface area contributed by atoms with Gasteiger partial charge in [0.05, 0.1) is 12.2 Å². The highest BCUT2D eigenvalue weighted by atomic mass is 16.5. The molecule has 0 radical (unpaired) electrons. The van der Waals surface area contributed by atoms with Crippen LogP contribution in [-0.2, 0) is 0 Å². The fourth-order valence-electron chi connectivity index (χ4n) is 1.92. The summed E-state index contributed by atoms with van der Waals surface area (Å²) in [6.45, 7) is 10.3. The van der Waals surface area contributed by atoms with E-state index >= 15 is 0 Å². The number of carbonyl (C=O) groups is 1. The van der Waals surface area contributed by atoms with Gasteiger partial charge in [0, 0.05) is 12.5 Å². The highest BCUT2D eigenvalue weighted by molar-refractivity contribution is 5.79. The molecule has 0 aliphatic heterocycles. The normalized spacial score (nSPS) is 12.4. The molecule has 1 rings (SSSR count). The van der Waals surface area contributed by atoms with Crippen LogP contribution < -0.4 is 4.74 Å². The predicted molar refractivity (Wildman–Crippen MR) is 74.3 cm³/mol. The van der Waals surface area contributed by atoms with Crippen LogP contribution in [0.25, 0.3) is 0 Å². The summed E-state index contributed by atoms with van der Waals surface area (Å²) in [4.78, 5) is 13.2. The van der Waals surface area contributed by atoms with Crippen molar-refractivity contribution in [2.75, 3.05) is 26.2 Å². The third kappa shape index (κ3) is 4.49. The lowest BCUT2D eigenvalue weighted by Gasteiger charge is -2.22. The Morgan fingerprint density at radius 2 is 1.94 bits per heavy atom. The van der Waals surface area contributed by atoms with Gasteiger partial charge in [-0.25, -0.2) is 0 Å². The van der Waals surface area contributed by atoms with Gasteiger partial charge in [-0.05, 0) is 25.2 Å². The molecule has 0 fully saturated rings. The highest BCUT2D eigenvalue weighted by Gasteiger charge is 2.09. The molecule has 1 atom stereocenters. The summed E-state index contributed by atoms with van der Waals surface area (Å²) in [6.07, 6.45) is 0.838. The number of hydrogen-bond acceptors (Lipinski definition) is 3. The van der Waals surface area contributed by atoms with Crippen LogP contribution in [0, 0.1) is 5.92 Å². The molecule has 1 unspecified atom stereocenters. The van der Waals surface area contributed by atoms with E-state index in [2.05, 4.69) is 25.7 Å². The first-order valence-electron chi connectivity index (χ1n) is 6.60. The average Bonchev–Trinajstić information content (AvgIpc) is 2.42. The van der Waals surface area contributed by atoms with E-state index in [0.29, 0.717) is 23.8 Å². The molecule has 3 heteroatoms. The summed E-state index contributed by atoms with van der Waals surface area (Å²) in [7, 11) is 0. The van der Waals surface area contributed by atoms with E-state index in [1.165, 1.54) is 0 Å². The second-order valence-corrected chi connectivity index (χ2v) is 4.56. The van der Waals surface area contributed by atoms with E-state index in [4.69, 9.17) is 4.74 Å². The minimum Gasteiger partial charge on any atom is -0.493 e. The van der Waals surface area contributed by atoms with Gasteiger partial charge in [-0.3, -0.25) is 4.79 Å². The number of ether oxygens (including phenoxy) is 1. The lowest BCUT2D eigenvalue weighted by atomic mass is 10.1. The van der Waals surface area contributed by atoms with Crippen molar-refractivity contribution < 1.29 is 9.53 Å². The molecule has 3 nitrogen and oxygen atoms in total. The Morgan fingerprint density at radius 3 is 2.56 bits per heavy atom. The number of benzene rings is 1. The van der Waals surface area contributed by atoms with Gasteiger partial charge in [-0.15, -0.1) is 0 Å². The molecule has 0 aliphatic carbocycles. The number of aldehydes is 1. The fourth-order valence-corrected chi connectivity index (χ4v) is 1.92. The van der Waals surface area contributed by atoms with Crippen LogP contribution >= 0.6 is 0 Å². The molecule has 100 valence electrons. The zero-order valence-corrected chi connectivity index (χ0v) is 11.6. The van der Waals surface area contributed by atoms with Gasteiger partial charge < -0.3 is 9.64 Å². The molecule has 0 heterocycles. The Bertz CT molecular complexity index is 361. The summed E-state index contributed by atoms with van der Waals surface area (Å²) in [5, 5.41) is 0. The van der Waals surface area contributed by atoms with E-state index in [1.54, 1.807) is 6.07 Å². The minimum absolute atomic E-state index is 0.449. The molecular weight excluding hydrogens is 226 g/mol. The van der Waals surface area contributed by atoms with Gasteiger partial charge >= 0.3 is 0 Å². The van der Waals surface area contributed by atoms with Crippen LogP contribution in [0.1, 0.15) is 31.1 Å². The lowest BCUT2D eigenvalue weighted by Crippen LogP contribution is -2.30. The molecular formula is C15H23NO2. The SMILES string of the molecule is CCN(CC)CC(C)COc1ccccc1C=O. The third-order valence-corrected chi connectivity index (χ3v) is 3.03. The number of rotatable bonds is 8. The van der Waals surface area contributed by atoms with E-state index in [1.807, 2.05) is 18.2 Å². The van der Waals surface area contributed by atoms with E-state index in [0.717, 1.165) is 25.9 Å². The zero-order valence-electron chi connectivity index (χ0n) is 11.6. The van der Waals surface area contributed by atoms with Gasteiger partial charge in [0.15, 0.2) is 6.29 Å². The quantitative estimate of drug-likeness (QED) is 0.663. The Balaban J connectivity index is 2.46. The second kappa shape index (κ2) is 7.88. The van der Waals surface area contributed by atoms with Crippen LogP contribution in [0.3, 0.4) is 0 Å². The van der Waals surface area contributed by atoms with Crippen molar-refractivity contribution in [1.29, 1.82) is 0 Å². The summed E-state index contributed by atoms with van der Waals surface area (Å²) in [6, 6.07) is 7.35. The Labute approximate surface area is 110 Å². The molecule has 0 saturated carbocycles. The monoisotopic (exact) mass is 249 g/mol. The number of carbonyl (C=O) groups excluding carboxylic acids is 1. The fraction of sp³-hybridized carbons (Fsp3) is 0.533. The van der Waals surface area contributed by atoms with Crippen LogP contribution in [0.15, 0.2) is 24.3 Å². The summed E-state index contributed by atoms with van der Waals surface area (Å²) >= 11 is 0. The number of nitrogens with zero attached hydrogens (tertiary/aromatic N) is 1. The van der Waals surface area contributed by atoms with Crippen molar-refractivity contribution in [3.05, 3.63) is 29.8 Å². The van der Waals surface area contributed by atoms with Crippen LogP contribution in [0.5, 0.6) is 5.75 Å². The zero-order chi connectivity index (χ0) is 13.4. The second-order valence-electron chi connectivity index (χ2n) is 4.56. The largest absolute Gasteiger partial charge is 0.493 e. The topological polar surface area (TPSA) is 29.5 Å².